The number of benzene rings is 2. The Bertz CT molecular complexity index is 832. The maximum Gasteiger partial charge on any atom is 0.248 e. The molecular weight excluding hydrogens is 360 g/mol. The smallest absolute Gasteiger partial charge is 0.248 e. The normalized spacial score (nSPS) is 10.3. The van der Waals surface area contributed by atoms with Crippen LogP contribution in [0.4, 0.5) is 0 Å². The van der Waals surface area contributed by atoms with Crippen LogP contribution in [-0.2, 0) is 9.59 Å². The van der Waals surface area contributed by atoms with Crippen LogP contribution in [0, 0.1) is 20.8 Å². The second-order valence-electron chi connectivity index (χ2n) is 6.42. The number of rotatable bonds is 7. The number of carbonyl (C=O) groups excluding carboxylic acids is 3. The minimum Gasteiger partial charge on any atom is -0.294 e. The summed E-state index contributed by atoms with van der Waals surface area (Å²) in [5.41, 5.74) is 8.65. The van der Waals surface area contributed by atoms with E-state index in [1.165, 1.54) is 11.8 Å². The van der Waals surface area contributed by atoms with Gasteiger partial charge in [-0.05, 0) is 50.1 Å². The van der Waals surface area contributed by atoms with Gasteiger partial charge in [0.2, 0.25) is 11.8 Å². The summed E-state index contributed by atoms with van der Waals surface area (Å²) in [6.07, 6.45) is 0.124. The van der Waals surface area contributed by atoms with E-state index in [9.17, 15) is 14.4 Å². The molecule has 2 aromatic carbocycles. The predicted octanol–water partition coefficient (Wildman–Crippen LogP) is 3.51. The van der Waals surface area contributed by atoms with Gasteiger partial charge in [0.25, 0.3) is 0 Å². The van der Waals surface area contributed by atoms with Crippen molar-refractivity contribution >= 4 is 29.4 Å². The lowest BCUT2D eigenvalue weighted by Gasteiger charge is -2.08. The van der Waals surface area contributed by atoms with Gasteiger partial charge in [0.15, 0.2) is 5.78 Å². The molecule has 0 aliphatic heterocycles. The molecule has 0 heterocycles. The number of hydrogen-bond acceptors (Lipinski definition) is 4. The van der Waals surface area contributed by atoms with Crippen molar-refractivity contribution in [3.8, 4) is 0 Å². The summed E-state index contributed by atoms with van der Waals surface area (Å²) in [6.45, 7) is 5.93. The zero-order chi connectivity index (χ0) is 19.8. The highest BCUT2D eigenvalue weighted by Crippen LogP contribution is 2.17. The molecule has 0 saturated heterocycles. The fourth-order valence-corrected chi connectivity index (χ4v) is 3.01. The Hall–Kier alpha value is -2.60. The van der Waals surface area contributed by atoms with E-state index in [4.69, 9.17) is 0 Å². The fraction of sp³-hybridized carbons (Fsp3) is 0.286. The summed E-state index contributed by atoms with van der Waals surface area (Å²) in [4.78, 5) is 36.8. The van der Waals surface area contributed by atoms with E-state index in [-0.39, 0.29) is 36.2 Å². The lowest BCUT2D eigenvalue weighted by molar-refractivity contribution is -0.127. The van der Waals surface area contributed by atoms with E-state index < -0.39 is 0 Å². The van der Waals surface area contributed by atoms with Crippen LogP contribution in [0.1, 0.15) is 39.9 Å². The molecule has 0 unspecified atom stereocenters. The lowest BCUT2D eigenvalue weighted by atomic mass is 10.0. The molecular formula is C21H24N2O3S. The van der Waals surface area contributed by atoms with E-state index in [1.54, 1.807) is 6.07 Å². The molecule has 0 aliphatic rings. The summed E-state index contributed by atoms with van der Waals surface area (Å²) < 4.78 is 0. The highest BCUT2D eigenvalue weighted by molar-refractivity contribution is 8.00. The van der Waals surface area contributed by atoms with Gasteiger partial charge in [0.05, 0.1) is 5.75 Å². The Labute approximate surface area is 163 Å². The molecule has 5 nitrogen and oxygen atoms in total. The zero-order valence-electron chi connectivity index (χ0n) is 15.8. The number of hydrazine groups is 1. The van der Waals surface area contributed by atoms with Crippen molar-refractivity contribution in [1.29, 1.82) is 0 Å². The van der Waals surface area contributed by atoms with Crippen LogP contribution in [-0.4, -0.2) is 23.4 Å². The lowest BCUT2D eigenvalue weighted by Crippen LogP contribution is -2.42. The SMILES string of the molecule is Cc1ccc(SCC(=O)NNC(=O)CCC(=O)c2ccc(C)c(C)c2)cc1. The summed E-state index contributed by atoms with van der Waals surface area (Å²) in [7, 11) is 0. The first-order valence-corrected chi connectivity index (χ1v) is 9.71. The number of hydrogen-bond donors (Lipinski definition) is 2. The van der Waals surface area contributed by atoms with Crippen LogP contribution in [0.15, 0.2) is 47.4 Å². The van der Waals surface area contributed by atoms with Crippen molar-refractivity contribution in [2.75, 3.05) is 5.75 Å². The monoisotopic (exact) mass is 384 g/mol. The van der Waals surface area contributed by atoms with Gasteiger partial charge in [-0.3, -0.25) is 25.2 Å². The molecule has 0 aliphatic carbocycles. The van der Waals surface area contributed by atoms with Gasteiger partial charge >= 0.3 is 0 Å². The number of carbonyl (C=O) groups is 3. The van der Waals surface area contributed by atoms with E-state index in [0.29, 0.717) is 5.56 Å². The van der Waals surface area contributed by atoms with Crippen LogP contribution in [0.3, 0.4) is 0 Å². The number of thioether (sulfide) groups is 1. The fourth-order valence-electron chi connectivity index (χ4n) is 2.31. The van der Waals surface area contributed by atoms with Crippen LogP contribution >= 0.6 is 11.8 Å². The average molecular weight is 385 g/mol. The minimum atomic E-state index is -0.388. The molecule has 0 radical (unpaired) electrons. The Morgan fingerprint density at radius 1 is 0.815 bits per heavy atom. The van der Waals surface area contributed by atoms with Gasteiger partial charge in [0.1, 0.15) is 0 Å². The number of ketones is 1. The first-order chi connectivity index (χ1) is 12.8. The number of nitrogens with one attached hydrogen (secondary N) is 2. The molecule has 142 valence electrons. The van der Waals surface area contributed by atoms with E-state index in [1.807, 2.05) is 57.2 Å². The van der Waals surface area contributed by atoms with Gasteiger partial charge in [-0.1, -0.05) is 29.8 Å². The van der Waals surface area contributed by atoms with Crippen molar-refractivity contribution in [3.05, 3.63) is 64.7 Å². The first-order valence-electron chi connectivity index (χ1n) is 8.73. The van der Waals surface area contributed by atoms with Crippen LogP contribution in [0.2, 0.25) is 0 Å². The third-order valence-electron chi connectivity index (χ3n) is 4.14. The molecule has 2 amide bonds. The highest BCUT2D eigenvalue weighted by atomic mass is 32.2. The zero-order valence-corrected chi connectivity index (χ0v) is 16.6. The van der Waals surface area contributed by atoms with E-state index in [0.717, 1.165) is 21.6 Å². The molecule has 0 spiro atoms. The summed E-state index contributed by atoms with van der Waals surface area (Å²) in [5.74, 6) is -0.574. The second kappa shape index (κ2) is 9.92. The second-order valence-corrected chi connectivity index (χ2v) is 7.47. The molecule has 0 bridgehead atoms. The molecule has 6 heteroatoms. The van der Waals surface area contributed by atoms with Gasteiger partial charge in [-0.25, -0.2) is 0 Å². The van der Waals surface area contributed by atoms with Crippen molar-refractivity contribution in [2.45, 2.75) is 38.5 Å². The van der Waals surface area contributed by atoms with Gasteiger partial charge < -0.3 is 0 Å². The summed E-state index contributed by atoms with van der Waals surface area (Å²) in [6, 6.07) is 13.4. The minimum absolute atomic E-state index is 0.0249. The van der Waals surface area contributed by atoms with Crippen molar-refractivity contribution < 1.29 is 14.4 Å². The maximum absolute atomic E-state index is 12.2. The van der Waals surface area contributed by atoms with E-state index in [2.05, 4.69) is 10.9 Å². The number of amides is 2. The number of Topliss-reactive ketones (excluding diaryl/α,β-unsaturated/α-hetero) is 1. The highest BCUT2D eigenvalue weighted by Gasteiger charge is 2.11. The Morgan fingerprint density at radius 3 is 2.15 bits per heavy atom. The van der Waals surface area contributed by atoms with Crippen molar-refractivity contribution in [2.24, 2.45) is 0 Å². The third-order valence-corrected chi connectivity index (χ3v) is 5.15. The van der Waals surface area contributed by atoms with E-state index >= 15 is 0 Å². The van der Waals surface area contributed by atoms with Gasteiger partial charge in [-0.2, -0.15) is 0 Å². The predicted molar refractivity (Wildman–Crippen MR) is 108 cm³/mol. The third kappa shape index (κ3) is 6.90. The molecule has 27 heavy (non-hydrogen) atoms. The van der Waals surface area contributed by atoms with Crippen LogP contribution in [0.25, 0.3) is 0 Å². The van der Waals surface area contributed by atoms with Crippen molar-refractivity contribution in [1.82, 2.24) is 10.9 Å². The molecule has 0 atom stereocenters. The summed E-state index contributed by atoms with van der Waals surface area (Å²) >= 11 is 1.39. The van der Waals surface area contributed by atoms with Crippen LogP contribution < -0.4 is 10.9 Å². The quantitative estimate of drug-likeness (QED) is 0.435. The molecule has 0 aromatic heterocycles. The largest absolute Gasteiger partial charge is 0.294 e. The van der Waals surface area contributed by atoms with Crippen molar-refractivity contribution in [3.63, 3.8) is 0 Å². The molecule has 0 fully saturated rings. The molecule has 2 aromatic rings. The maximum atomic E-state index is 12.2. The topological polar surface area (TPSA) is 75.3 Å². The Kier molecular flexibility index (Phi) is 7.61. The standard InChI is InChI=1S/C21H24N2O3S/c1-14-4-8-18(9-5-14)27-13-21(26)23-22-20(25)11-10-19(24)17-7-6-15(2)16(3)12-17/h4-9,12H,10-11,13H2,1-3H3,(H,22,25)(H,23,26). The van der Waals surface area contributed by atoms with Gasteiger partial charge in [0, 0.05) is 23.3 Å². The Balaban J connectivity index is 1.69. The molecule has 0 saturated carbocycles. The molecule has 2 rings (SSSR count). The number of aryl methyl sites for hydroxylation is 3. The molecule has 2 N–H and O–H groups in total. The first kappa shape index (κ1) is 20.7. The van der Waals surface area contributed by atoms with Gasteiger partial charge in [-0.15, -0.1) is 11.8 Å². The summed E-state index contributed by atoms with van der Waals surface area (Å²) in [5, 5.41) is 0. The average Bonchev–Trinajstić information content (AvgIpc) is 2.66. The van der Waals surface area contributed by atoms with Crippen LogP contribution in [0.5, 0.6) is 0 Å². The Morgan fingerprint density at radius 2 is 1.48 bits per heavy atom.